The molecule has 0 saturated carbocycles. The van der Waals surface area contributed by atoms with Crippen molar-refractivity contribution in [1.29, 1.82) is 0 Å². The lowest BCUT2D eigenvalue weighted by Crippen LogP contribution is -1.96. The maximum atomic E-state index is 6.34. The fourth-order valence-electron chi connectivity index (χ4n) is 6.75. The molecule has 0 atom stereocenters. The highest BCUT2D eigenvalue weighted by Gasteiger charge is 2.19. The van der Waals surface area contributed by atoms with E-state index in [0.717, 1.165) is 21.9 Å². The first-order chi connectivity index (χ1) is 21.2. The summed E-state index contributed by atoms with van der Waals surface area (Å²) in [4.78, 5) is 0. The Kier molecular flexibility index (Phi) is 5.98. The number of hydrogen-bond acceptors (Lipinski definition) is 1. The molecule has 43 heavy (non-hydrogen) atoms. The van der Waals surface area contributed by atoms with E-state index in [0.29, 0.717) is 0 Å². The number of furan rings is 1. The molecular weight excluding hydrogens is 520 g/mol. The van der Waals surface area contributed by atoms with E-state index >= 15 is 0 Å². The van der Waals surface area contributed by atoms with Gasteiger partial charge < -0.3 is 4.42 Å². The molecule has 1 nitrogen and oxygen atoms in total. The molecule has 0 aliphatic carbocycles. The predicted molar refractivity (Wildman–Crippen MR) is 184 cm³/mol. The lowest BCUT2D eigenvalue weighted by atomic mass is 9.83. The molecule has 8 aromatic rings. The first-order valence-corrected chi connectivity index (χ1v) is 14.9. The summed E-state index contributed by atoms with van der Waals surface area (Å²) in [5, 5.41) is 7.23. The van der Waals surface area contributed by atoms with Crippen LogP contribution < -0.4 is 0 Å². The maximum Gasteiger partial charge on any atom is 0.136 e. The zero-order valence-electron chi connectivity index (χ0n) is 24.3. The second-order valence-electron chi connectivity index (χ2n) is 11.3. The Morgan fingerprint density at radius 3 is 1.88 bits per heavy atom. The van der Waals surface area contributed by atoms with Gasteiger partial charge in [-0.3, -0.25) is 0 Å². The number of benzene rings is 7. The van der Waals surface area contributed by atoms with Crippen molar-refractivity contribution in [3.63, 3.8) is 0 Å². The highest BCUT2D eigenvalue weighted by Crippen LogP contribution is 2.44. The highest BCUT2D eigenvalue weighted by molar-refractivity contribution is 6.14. The zero-order valence-corrected chi connectivity index (χ0v) is 24.3. The molecule has 0 aliphatic rings. The van der Waals surface area contributed by atoms with Crippen LogP contribution in [0.5, 0.6) is 0 Å². The summed E-state index contributed by atoms with van der Waals surface area (Å²) in [6, 6.07) is 48.0. The van der Waals surface area contributed by atoms with Gasteiger partial charge in [0.25, 0.3) is 0 Å². The first kappa shape index (κ1) is 25.3. The molecule has 0 N–H and O–H groups in total. The molecule has 8 rings (SSSR count). The van der Waals surface area contributed by atoms with Gasteiger partial charge in [-0.2, -0.15) is 0 Å². The van der Waals surface area contributed by atoms with Gasteiger partial charge in [-0.15, -0.1) is 0 Å². The van der Waals surface area contributed by atoms with Gasteiger partial charge in [-0.1, -0.05) is 115 Å². The van der Waals surface area contributed by atoms with E-state index in [-0.39, 0.29) is 0 Å². The Hall–Kier alpha value is -5.40. The van der Waals surface area contributed by atoms with Gasteiger partial charge in [-0.25, -0.2) is 0 Å². The number of hydrogen-bond donors (Lipinski definition) is 0. The van der Waals surface area contributed by atoms with Crippen molar-refractivity contribution in [3.8, 4) is 33.4 Å². The van der Waals surface area contributed by atoms with Crippen molar-refractivity contribution in [2.75, 3.05) is 0 Å². The molecule has 0 unspecified atom stereocenters. The van der Waals surface area contributed by atoms with Crippen LogP contribution in [-0.4, -0.2) is 0 Å². The molecule has 7 aromatic carbocycles. The van der Waals surface area contributed by atoms with Gasteiger partial charge in [-0.05, 0) is 110 Å². The lowest BCUT2D eigenvalue weighted by Gasteiger charge is -2.20. The summed E-state index contributed by atoms with van der Waals surface area (Å²) >= 11 is 0. The minimum Gasteiger partial charge on any atom is -0.456 e. The van der Waals surface area contributed by atoms with E-state index in [9.17, 15) is 0 Å². The van der Waals surface area contributed by atoms with E-state index in [1.54, 1.807) is 0 Å². The predicted octanol–water partition coefficient (Wildman–Crippen LogP) is 12.2. The van der Waals surface area contributed by atoms with Crippen LogP contribution in [0.25, 0.3) is 82.9 Å². The molecule has 0 spiro atoms. The van der Waals surface area contributed by atoms with Gasteiger partial charge in [0.15, 0.2) is 0 Å². The number of fused-ring (bicyclic) bond motifs is 5. The summed E-state index contributed by atoms with van der Waals surface area (Å²) in [7, 11) is 0. The van der Waals surface area contributed by atoms with Crippen molar-refractivity contribution in [1.82, 2.24) is 0 Å². The van der Waals surface area contributed by atoms with Crippen LogP contribution >= 0.6 is 0 Å². The third-order valence-electron chi connectivity index (χ3n) is 8.73. The third-order valence-corrected chi connectivity index (χ3v) is 8.73. The summed E-state index contributed by atoms with van der Waals surface area (Å²) in [6.07, 6.45) is 4.43. The Morgan fingerprint density at radius 1 is 0.465 bits per heavy atom. The zero-order chi connectivity index (χ0) is 28.9. The third kappa shape index (κ3) is 4.16. The SMILES string of the molecule is C/C=C\c1c(C)c(-c2ccc3oc4cc5ccccc5cc4c3c2)c2ccccc2c1-c1cccc(-c2ccccc2)c1. The molecule has 0 saturated heterocycles. The highest BCUT2D eigenvalue weighted by atomic mass is 16.3. The number of allylic oxidation sites excluding steroid dienone is 1. The van der Waals surface area contributed by atoms with Crippen LogP contribution in [0.3, 0.4) is 0 Å². The molecule has 0 radical (unpaired) electrons. The fourth-order valence-corrected chi connectivity index (χ4v) is 6.75. The molecule has 0 aliphatic heterocycles. The van der Waals surface area contributed by atoms with E-state index < -0.39 is 0 Å². The first-order valence-electron chi connectivity index (χ1n) is 14.9. The van der Waals surface area contributed by atoms with Crippen molar-refractivity contribution in [3.05, 3.63) is 151 Å². The normalized spacial score (nSPS) is 11.9. The molecular formula is C42H30O. The van der Waals surface area contributed by atoms with Crippen LogP contribution in [-0.2, 0) is 0 Å². The Bertz CT molecular complexity index is 2350. The van der Waals surface area contributed by atoms with Crippen LogP contribution in [0.4, 0.5) is 0 Å². The lowest BCUT2D eigenvalue weighted by molar-refractivity contribution is 0.669. The smallest absolute Gasteiger partial charge is 0.136 e. The molecule has 204 valence electrons. The van der Waals surface area contributed by atoms with Gasteiger partial charge in [0, 0.05) is 10.8 Å². The average Bonchev–Trinajstić information content (AvgIpc) is 3.41. The van der Waals surface area contributed by atoms with Gasteiger partial charge in [0.2, 0.25) is 0 Å². The molecule has 1 heteroatoms. The van der Waals surface area contributed by atoms with Gasteiger partial charge in [0.1, 0.15) is 11.2 Å². The fraction of sp³-hybridized carbons (Fsp3) is 0.0476. The monoisotopic (exact) mass is 550 g/mol. The standard InChI is InChI=1S/C42H30O/c1-3-12-34-27(2)41(33-21-22-39-37(25-33)38-24-30-15-7-8-16-31(30)26-40(38)43-39)35-19-9-10-20-36(35)42(34)32-18-11-17-29(23-32)28-13-5-4-6-14-28/h3-26H,1-2H3/b12-3-. The van der Waals surface area contributed by atoms with Crippen molar-refractivity contribution >= 4 is 49.6 Å². The van der Waals surface area contributed by atoms with E-state index in [1.807, 2.05) is 0 Å². The van der Waals surface area contributed by atoms with Crippen LogP contribution in [0.2, 0.25) is 0 Å². The van der Waals surface area contributed by atoms with E-state index in [1.165, 1.54) is 66.1 Å². The summed E-state index contributed by atoms with van der Waals surface area (Å²) in [5.74, 6) is 0. The Morgan fingerprint density at radius 2 is 1.09 bits per heavy atom. The van der Waals surface area contributed by atoms with Gasteiger partial charge in [0.05, 0.1) is 0 Å². The number of rotatable bonds is 4. The van der Waals surface area contributed by atoms with Crippen molar-refractivity contribution in [2.45, 2.75) is 13.8 Å². The largest absolute Gasteiger partial charge is 0.456 e. The van der Waals surface area contributed by atoms with Crippen LogP contribution in [0.1, 0.15) is 18.1 Å². The Balaban J connectivity index is 1.39. The van der Waals surface area contributed by atoms with E-state index in [4.69, 9.17) is 4.42 Å². The summed E-state index contributed by atoms with van der Waals surface area (Å²) < 4.78 is 6.34. The maximum absolute atomic E-state index is 6.34. The molecule has 0 fully saturated rings. The van der Waals surface area contributed by atoms with Crippen LogP contribution in [0, 0.1) is 6.92 Å². The quantitative estimate of drug-likeness (QED) is 0.212. The minimum absolute atomic E-state index is 0.916. The molecule has 1 heterocycles. The second kappa shape index (κ2) is 10.2. The molecule has 0 amide bonds. The molecule has 1 aromatic heterocycles. The van der Waals surface area contributed by atoms with Crippen molar-refractivity contribution < 1.29 is 4.42 Å². The second-order valence-corrected chi connectivity index (χ2v) is 11.3. The van der Waals surface area contributed by atoms with Crippen LogP contribution in [0.15, 0.2) is 144 Å². The average molecular weight is 551 g/mol. The summed E-state index contributed by atoms with van der Waals surface area (Å²) in [5.41, 5.74) is 11.8. The van der Waals surface area contributed by atoms with Crippen molar-refractivity contribution in [2.24, 2.45) is 0 Å². The summed E-state index contributed by atoms with van der Waals surface area (Å²) in [6.45, 7) is 4.37. The minimum atomic E-state index is 0.916. The van der Waals surface area contributed by atoms with Gasteiger partial charge >= 0.3 is 0 Å². The Labute approximate surface area is 251 Å². The topological polar surface area (TPSA) is 13.1 Å². The van der Waals surface area contributed by atoms with E-state index in [2.05, 4.69) is 159 Å². The molecule has 0 bridgehead atoms.